The summed E-state index contributed by atoms with van der Waals surface area (Å²) in [7, 11) is 0. The Bertz CT molecular complexity index is 772. The summed E-state index contributed by atoms with van der Waals surface area (Å²) >= 11 is 6.28. The number of benzene rings is 1. The van der Waals surface area contributed by atoms with Crippen molar-refractivity contribution in [2.45, 2.75) is 31.8 Å². The fourth-order valence-corrected chi connectivity index (χ4v) is 3.05. The van der Waals surface area contributed by atoms with Gasteiger partial charge >= 0.3 is 5.97 Å². The average Bonchev–Trinajstić information content (AvgIpc) is 3.40. The fraction of sp³-hybridized carbons (Fsp3) is 0.278. The van der Waals surface area contributed by atoms with Crippen LogP contribution in [0.15, 0.2) is 42.6 Å². The number of amides is 1. The van der Waals surface area contributed by atoms with Crippen molar-refractivity contribution in [3.05, 3.63) is 64.4 Å². The molecule has 1 saturated carbocycles. The number of carboxylic acid groups (broad SMARTS) is 1. The van der Waals surface area contributed by atoms with Crippen molar-refractivity contribution in [2.75, 3.05) is 0 Å². The molecule has 0 spiro atoms. The molecule has 1 fully saturated rings. The lowest BCUT2D eigenvalue weighted by molar-refractivity contribution is 0.0661. The summed E-state index contributed by atoms with van der Waals surface area (Å²) in [4.78, 5) is 29.6. The molecule has 1 N–H and O–H groups in total. The lowest BCUT2D eigenvalue weighted by Gasteiger charge is -2.30. The highest BCUT2D eigenvalue weighted by atomic mass is 35.5. The van der Waals surface area contributed by atoms with Crippen molar-refractivity contribution < 1.29 is 14.7 Å². The summed E-state index contributed by atoms with van der Waals surface area (Å²) in [6.45, 7) is 1.95. The zero-order chi connectivity index (χ0) is 17.3. The predicted octanol–water partition coefficient (Wildman–Crippen LogP) is 3.80. The van der Waals surface area contributed by atoms with Crippen molar-refractivity contribution in [3.63, 3.8) is 0 Å². The van der Waals surface area contributed by atoms with Crippen LogP contribution in [0.3, 0.4) is 0 Å². The molecule has 1 aliphatic carbocycles. The average molecular weight is 345 g/mol. The van der Waals surface area contributed by atoms with Crippen molar-refractivity contribution in [1.29, 1.82) is 0 Å². The zero-order valence-corrected chi connectivity index (χ0v) is 13.9. The van der Waals surface area contributed by atoms with E-state index in [1.165, 1.54) is 18.3 Å². The smallest absolute Gasteiger partial charge is 0.337 e. The Morgan fingerprint density at radius 3 is 2.50 bits per heavy atom. The number of carboxylic acids is 1. The first-order valence-corrected chi connectivity index (χ1v) is 8.13. The van der Waals surface area contributed by atoms with Gasteiger partial charge in [-0.05, 0) is 43.5 Å². The highest BCUT2D eigenvalue weighted by Gasteiger charge is 2.37. The molecule has 1 heterocycles. The SMILES string of the molecule is CC(c1ccccc1Cl)N(C(=O)c1ccc(C(=O)O)cn1)C1CC1. The van der Waals surface area contributed by atoms with Gasteiger partial charge in [0, 0.05) is 17.3 Å². The Kier molecular flexibility index (Phi) is 4.53. The van der Waals surface area contributed by atoms with Crippen LogP contribution in [0.1, 0.15) is 52.2 Å². The molecule has 3 rings (SSSR count). The first-order chi connectivity index (χ1) is 11.5. The van der Waals surface area contributed by atoms with Crippen LogP contribution in [0.4, 0.5) is 0 Å². The van der Waals surface area contributed by atoms with Gasteiger partial charge in [-0.2, -0.15) is 0 Å². The second-order valence-corrected chi connectivity index (χ2v) is 6.29. The molecule has 24 heavy (non-hydrogen) atoms. The molecule has 1 amide bonds. The number of rotatable bonds is 5. The Labute approximate surface area is 144 Å². The van der Waals surface area contributed by atoms with Gasteiger partial charge in [-0.3, -0.25) is 9.78 Å². The van der Waals surface area contributed by atoms with Crippen LogP contribution in [0.25, 0.3) is 0 Å². The highest BCUT2D eigenvalue weighted by Crippen LogP contribution is 2.37. The van der Waals surface area contributed by atoms with E-state index in [4.69, 9.17) is 16.7 Å². The van der Waals surface area contributed by atoms with Crippen molar-refractivity contribution in [3.8, 4) is 0 Å². The standard InChI is InChI=1S/C18H17ClN2O3/c1-11(14-4-2-3-5-15(14)19)21(13-7-8-13)17(22)16-9-6-12(10-20-16)18(23)24/h2-6,9-11,13H,7-8H2,1H3,(H,23,24). The molecule has 1 aromatic heterocycles. The Morgan fingerprint density at radius 1 is 1.25 bits per heavy atom. The molecule has 6 heteroatoms. The number of carbonyl (C=O) groups excluding carboxylic acids is 1. The molecule has 0 radical (unpaired) electrons. The van der Waals surface area contributed by atoms with Crippen LogP contribution in [-0.2, 0) is 0 Å². The Balaban J connectivity index is 1.89. The van der Waals surface area contributed by atoms with Crippen LogP contribution >= 0.6 is 11.6 Å². The second kappa shape index (κ2) is 6.61. The molecule has 2 aromatic rings. The van der Waals surface area contributed by atoms with Gasteiger partial charge in [0.1, 0.15) is 5.69 Å². The van der Waals surface area contributed by atoms with Crippen LogP contribution in [0.2, 0.25) is 5.02 Å². The van der Waals surface area contributed by atoms with E-state index < -0.39 is 5.97 Å². The van der Waals surface area contributed by atoms with Gasteiger partial charge in [0.25, 0.3) is 5.91 Å². The van der Waals surface area contributed by atoms with E-state index in [1.807, 2.05) is 31.2 Å². The number of hydrogen-bond acceptors (Lipinski definition) is 3. The van der Waals surface area contributed by atoms with Gasteiger partial charge in [-0.1, -0.05) is 29.8 Å². The second-order valence-electron chi connectivity index (χ2n) is 5.88. The van der Waals surface area contributed by atoms with Crippen molar-refractivity contribution in [2.24, 2.45) is 0 Å². The van der Waals surface area contributed by atoms with E-state index in [2.05, 4.69) is 4.98 Å². The van der Waals surface area contributed by atoms with Crippen LogP contribution in [0, 0.1) is 0 Å². The molecular weight excluding hydrogens is 328 g/mol. The lowest BCUT2D eigenvalue weighted by atomic mass is 10.1. The van der Waals surface area contributed by atoms with E-state index >= 15 is 0 Å². The molecular formula is C18H17ClN2O3. The topological polar surface area (TPSA) is 70.5 Å². The number of carbonyl (C=O) groups is 2. The normalized spacial score (nSPS) is 14.9. The van der Waals surface area contributed by atoms with Crippen LogP contribution in [-0.4, -0.2) is 32.9 Å². The maximum absolute atomic E-state index is 12.9. The summed E-state index contributed by atoms with van der Waals surface area (Å²) in [6, 6.07) is 10.3. The van der Waals surface area contributed by atoms with Crippen molar-refractivity contribution >= 4 is 23.5 Å². The lowest BCUT2D eigenvalue weighted by Crippen LogP contribution is -2.36. The van der Waals surface area contributed by atoms with Crippen LogP contribution in [0.5, 0.6) is 0 Å². The van der Waals surface area contributed by atoms with Gasteiger partial charge < -0.3 is 10.0 Å². The summed E-state index contributed by atoms with van der Waals surface area (Å²) in [5, 5.41) is 9.56. The Hall–Kier alpha value is -2.40. The van der Waals surface area contributed by atoms with E-state index in [0.717, 1.165) is 18.4 Å². The van der Waals surface area contributed by atoms with Gasteiger partial charge in [0.15, 0.2) is 0 Å². The molecule has 1 atom stereocenters. The summed E-state index contributed by atoms with van der Waals surface area (Å²) in [5.74, 6) is -1.27. The first-order valence-electron chi connectivity index (χ1n) is 7.75. The van der Waals surface area contributed by atoms with Gasteiger partial charge in [-0.15, -0.1) is 0 Å². The molecule has 1 aliphatic rings. The molecule has 1 aromatic carbocycles. The number of aromatic nitrogens is 1. The minimum atomic E-state index is -1.06. The minimum Gasteiger partial charge on any atom is -0.478 e. The molecule has 0 saturated heterocycles. The summed E-state index contributed by atoms with van der Waals surface area (Å²) in [5.41, 5.74) is 1.19. The zero-order valence-electron chi connectivity index (χ0n) is 13.1. The van der Waals surface area contributed by atoms with Gasteiger partial charge in [0.2, 0.25) is 0 Å². The number of aromatic carboxylic acids is 1. The largest absolute Gasteiger partial charge is 0.478 e. The molecule has 0 aliphatic heterocycles. The van der Waals surface area contributed by atoms with Crippen molar-refractivity contribution in [1.82, 2.24) is 9.88 Å². The first kappa shape index (κ1) is 16.5. The van der Waals surface area contributed by atoms with E-state index in [-0.39, 0.29) is 29.2 Å². The van der Waals surface area contributed by atoms with E-state index in [1.54, 1.807) is 4.90 Å². The third-order valence-corrected chi connectivity index (χ3v) is 4.52. The summed E-state index contributed by atoms with van der Waals surface area (Å²) < 4.78 is 0. The quantitative estimate of drug-likeness (QED) is 0.895. The highest BCUT2D eigenvalue weighted by molar-refractivity contribution is 6.31. The molecule has 124 valence electrons. The molecule has 1 unspecified atom stereocenters. The van der Waals surface area contributed by atoms with E-state index in [9.17, 15) is 9.59 Å². The maximum Gasteiger partial charge on any atom is 0.337 e. The number of hydrogen-bond donors (Lipinski definition) is 1. The number of nitrogens with zero attached hydrogens (tertiary/aromatic N) is 2. The van der Waals surface area contributed by atoms with Gasteiger partial charge in [0.05, 0.1) is 11.6 Å². The van der Waals surface area contributed by atoms with Crippen LogP contribution < -0.4 is 0 Å². The number of pyridine rings is 1. The predicted molar refractivity (Wildman–Crippen MR) is 90.3 cm³/mol. The minimum absolute atomic E-state index is 0.0590. The third kappa shape index (κ3) is 3.26. The number of halogens is 1. The summed E-state index contributed by atoms with van der Waals surface area (Å²) in [6.07, 6.45) is 3.11. The van der Waals surface area contributed by atoms with Gasteiger partial charge in [-0.25, -0.2) is 4.79 Å². The molecule has 0 bridgehead atoms. The third-order valence-electron chi connectivity index (χ3n) is 4.18. The fourth-order valence-electron chi connectivity index (χ4n) is 2.75. The maximum atomic E-state index is 12.9. The Morgan fingerprint density at radius 2 is 1.96 bits per heavy atom. The van der Waals surface area contributed by atoms with E-state index in [0.29, 0.717) is 5.02 Å². The molecule has 5 nitrogen and oxygen atoms in total. The monoisotopic (exact) mass is 344 g/mol.